The summed E-state index contributed by atoms with van der Waals surface area (Å²) in [6.45, 7) is 2.25. The Hall–Kier alpha value is -1.56. The van der Waals surface area contributed by atoms with Crippen LogP contribution in [-0.2, 0) is 0 Å². The van der Waals surface area contributed by atoms with Crippen molar-refractivity contribution in [1.29, 1.82) is 5.26 Å². The number of nitrogens with zero attached hydrogens (tertiary/aromatic N) is 1. The molecule has 0 amide bonds. The molecule has 0 heterocycles. The third kappa shape index (κ3) is 3.70. The number of nitriles is 1. The van der Waals surface area contributed by atoms with E-state index in [4.69, 9.17) is 5.26 Å². The number of hydrogen-bond donors (Lipinski definition) is 1. The highest BCUT2D eigenvalue weighted by atomic mass is 19.1. The lowest BCUT2D eigenvalue weighted by atomic mass is 9.98. The summed E-state index contributed by atoms with van der Waals surface area (Å²) in [6, 6.07) is 6.95. The van der Waals surface area contributed by atoms with Gasteiger partial charge >= 0.3 is 0 Å². The van der Waals surface area contributed by atoms with E-state index in [1.54, 1.807) is 12.1 Å². The number of hydrogen-bond acceptors (Lipinski definition) is 2. The van der Waals surface area contributed by atoms with Crippen LogP contribution in [0.4, 0.5) is 10.1 Å². The lowest BCUT2D eigenvalue weighted by Gasteiger charge is -2.18. The molecule has 1 saturated carbocycles. The van der Waals surface area contributed by atoms with Crippen molar-refractivity contribution in [2.75, 3.05) is 5.32 Å². The molecule has 0 aliphatic heterocycles. The molecule has 2 unspecified atom stereocenters. The Morgan fingerprint density at radius 3 is 2.84 bits per heavy atom. The summed E-state index contributed by atoms with van der Waals surface area (Å²) in [7, 11) is 0. The number of halogens is 1. The lowest BCUT2D eigenvalue weighted by Crippen LogP contribution is -2.19. The van der Waals surface area contributed by atoms with Gasteiger partial charge in [0.05, 0.1) is 17.3 Å². The van der Waals surface area contributed by atoms with Crippen LogP contribution in [0.5, 0.6) is 0 Å². The fraction of sp³-hybridized carbons (Fsp3) is 0.562. The maximum Gasteiger partial charge on any atom is 0.147 e. The standard InChI is InChI=1S/C16H21FN2/c1-2-12-4-3-5-14(8-6-12)19-16-9-7-13(11-18)10-15(16)17/h7,9-10,12,14,19H,2-6,8H2,1H3. The van der Waals surface area contributed by atoms with Crippen LogP contribution >= 0.6 is 0 Å². The van der Waals surface area contributed by atoms with Crippen molar-refractivity contribution in [3.05, 3.63) is 29.6 Å². The van der Waals surface area contributed by atoms with Gasteiger partial charge in [0, 0.05) is 6.04 Å². The molecule has 2 nitrogen and oxygen atoms in total. The molecule has 1 fully saturated rings. The van der Waals surface area contributed by atoms with Gasteiger partial charge in [0.2, 0.25) is 0 Å². The largest absolute Gasteiger partial charge is 0.380 e. The first-order valence-corrected chi connectivity index (χ1v) is 7.19. The Morgan fingerprint density at radius 1 is 1.32 bits per heavy atom. The number of rotatable bonds is 3. The third-order valence-corrected chi connectivity index (χ3v) is 4.12. The van der Waals surface area contributed by atoms with Gasteiger partial charge in [0.15, 0.2) is 0 Å². The molecule has 0 bridgehead atoms. The maximum atomic E-state index is 13.8. The predicted octanol–water partition coefficient (Wildman–Crippen LogP) is 4.47. The van der Waals surface area contributed by atoms with Crippen molar-refractivity contribution in [1.82, 2.24) is 0 Å². The van der Waals surface area contributed by atoms with Crippen molar-refractivity contribution < 1.29 is 4.39 Å². The van der Waals surface area contributed by atoms with E-state index >= 15 is 0 Å². The highest BCUT2D eigenvalue weighted by molar-refractivity contribution is 5.49. The summed E-state index contributed by atoms with van der Waals surface area (Å²) in [6.07, 6.45) is 7.20. The van der Waals surface area contributed by atoms with Gasteiger partial charge in [-0.2, -0.15) is 5.26 Å². The second-order valence-corrected chi connectivity index (χ2v) is 5.43. The molecular formula is C16H21FN2. The van der Waals surface area contributed by atoms with Gasteiger partial charge in [-0.1, -0.05) is 26.2 Å². The van der Waals surface area contributed by atoms with Crippen LogP contribution in [0.3, 0.4) is 0 Å². The summed E-state index contributed by atoms with van der Waals surface area (Å²) < 4.78 is 13.8. The monoisotopic (exact) mass is 260 g/mol. The van der Waals surface area contributed by atoms with Gasteiger partial charge in [-0.25, -0.2) is 4.39 Å². The fourth-order valence-corrected chi connectivity index (χ4v) is 2.85. The zero-order chi connectivity index (χ0) is 13.7. The molecule has 1 aliphatic carbocycles. The van der Waals surface area contributed by atoms with Crippen molar-refractivity contribution in [3.8, 4) is 6.07 Å². The maximum absolute atomic E-state index is 13.8. The molecule has 0 spiro atoms. The Morgan fingerprint density at radius 2 is 2.16 bits per heavy atom. The Kier molecular flexibility index (Phi) is 4.79. The predicted molar refractivity (Wildman–Crippen MR) is 75.4 cm³/mol. The average molecular weight is 260 g/mol. The molecule has 0 saturated heterocycles. The van der Waals surface area contributed by atoms with Crippen LogP contribution < -0.4 is 5.32 Å². The summed E-state index contributed by atoms with van der Waals surface area (Å²) in [4.78, 5) is 0. The van der Waals surface area contributed by atoms with Gasteiger partial charge < -0.3 is 5.32 Å². The zero-order valence-electron chi connectivity index (χ0n) is 11.5. The SMILES string of the molecule is CCC1CCCC(Nc2ccc(C#N)cc2F)CC1. The van der Waals surface area contributed by atoms with Crippen molar-refractivity contribution in [3.63, 3.8) is 0 Å². The molecule has 1 aliphatic rings. The van der Waals surface area contributed by atoms with Crippen molar-refractivity contribution in [2.24, 2.45) is 5.92 Å². The average Bonchev–Trinajstić information content (AvgIpc) is 2.66. The number of anilines is 1. The molecule has 3 heteroatoms. The Bertz CT molecular complexity index is 464. The van der Waals surface area contributed by atoms with E-state index < -0.39 is 0 Å². The minimum absolute atomic E-state index is 0.324. The van der Waals surface area contributed by atoms with E-state index in [-0.39, 0.29) is 5.82 Å². The van der Waals surface area contributed by atoms with E-state index in [1.807, 2.05) is 6.07 Å². The van der Waals surface area contributed by atoms with E-state index in [9.17, 15) is 4.39 Å². The summed E-state index contributed by atoms with van der Waals surface area (Å²) in [5.74, 6) is 0.507. The summed E-state index contributed by atoms with van der Waals surface area (Å²) in [5, 5.41) is 12.0. The first-order chi connectivity index (χ1) is 9.22. The molecule has 0 radical (unpaired) electrons. The third-order valence-electron chi connectivity index (χ3n) is 4.12. The minimum atomic E-state index is -0.324. The highest BCUT2D eigenvalue weighted by Crippen LogP contribution is 2.28. The van der Waals surface area contributed by atoms with Crippen LogP contribution in [0.1, 0.15) is 51.0 Å². The van der Waals surface area contributed by atoms with Crippen LogP contribution in [0, 0.1) is 23.1 Å². The van der Waals surface area contributed by atoms with Gasteiger partial charge in [0.25, 0.3) is 0 Å². The molecule has 19 heavy (non-hydrogen) atoms. The van der Waals surface area contributed by atoms with Gasteiger partial charge in [-0.05, 0) is 43.4 Å². The molecule has 102 valence electrons. The van der Waals surface area contributed by atoms with Gasteiger partial charge in [-0.15, -0.1) is 0 Å². The van der Waals surface area contributed by atoms with Crippen molar-refractivity contribution >= 4 is 5.69 Å². The van der Waals surface area contributed by atoms with Gasteiger partial charge in [-0.3, -0.25) is 0 Å². The molecule has 2 rings (SSSR count). The second-order valence-electron chi connectivity index (χ2n) is 5.43. The van der Waals surface area contributed by atoms with E-state index in [0.717, 1.165) is 18.8 Å². The van der Waals surface area contributed by atoms with Crippen LogP contribution in [0.15, 0.2) is 18.2 Å². The van der Waals surface area contributed by atoms with E-state index in [0.29, 0.717) is 17.3 Å². The quantitative estimate of drug-likeness (QED) is 0.814. The summed E-state index contributed by atoms with van der Waals surface area (Å²) >= 11 is 0. The Labute approximate surface area is 114 Å². The zero-order valence-corrected chi connectivity index (χ0v) is 11.5. The first-order valence-electron chi connectivity index (χ1n) is 7.19. The second kappa shape index (κ2) is 6.56. The van der Waals surface area contributed by atoms with Crippen molar-refractivity contribution in [2.45, 2.75) is 51.5 Å². The highest BCUT2D eigenvalue weighted by Gasteiger charge is 2.18. The minimum Gasteiger partial charge on any atom is -0.380 e. The number of benzene rings is 1. The molecular weight excluding hydrogens is 239 g/mol. The smallest absolute Gasteiger partial charge is 0.147 e. The van der Waals surface area contributed by atoms with Crippen LogP contribution in [-0.4, -0.2) is 6.04 Å². The van der Waals surface area contributed by atoms with Gasteiger partial charge in [0.1, 0.15) is 5.82 Å². The molecule has 0 aromatic heterocycles. The van der Waals surface area contributed by atoms with E-state index in [1.165, 1.54) is 31.7 Å². The topological polar surface area (TPSA) is 35.8 Å². The fourth-order valence-electron chi connectivity index (χ4n) is 2.85. The Balaban J connectivity index is 1.99. The van der Waals surface area contributed by atoms with Crippen LogP contribution in [0.25, 0.3) is 0 Å². The normalized spacial score (nSPS) is 23.4. The first kappa shape index (κ1) is 13.9. The molecule has 1 aromatic rings. The lowest BCUT2D eigenvalue weighted by molar-refractivity contribution is 0.444. The number of nitrogens with one attached hydrogen (secondary N) is 1. The summed E-state index contributed by atoms with van der Waals surface area (Å²) in [5.41, 5.74) is 0.897. The molecule has 2 atom stereocenters. The molecule has 1 aromatic carbocycles. The molecule has 1 N–H and O–H groups in total. The van der Waals surface area contributed by atoms with E-state index in [2.05, 4.69) is 12.2 Å². The van der Waals surface area contributed by atoms with Crippen LogP contribution in [0.2, 0.25) is 0 Å².